The van der Waals surface area contributed by atoms with Crippen LogP contribution >= 0.6 is 0 Å². The number of rotatable bonds is 5. The summed E-state index contributed by atoms with van der Waals surface area (Å²) in [4.78, 5) is 14.6. The minimum absolute atomic E-state index is 0.134. The number of hydrogen-bond donors (Lipinski definition) is 0. The van der Waals surface area contributed by atoms with Gasteiger partial charge >= 0.3 is 0 Å². The van der Waals surface area contributed by atoms with Crippen molar-refractivity contribution in [2.45, 2.75) is 57.1 Å². The lowest BCUT2D eigenvalue weighted by Crippen LogP contribution is -2.35. The number of piperidine rings is 1. The molecule has 0 spiro atoms. The average molecular weight is 348 g/mol. The Kier molecular flexibility index (Phi) is 6.47. The van der Waals surface area contributed by atoms with Gasteiger partial charge in [0.25, 0.3) is 5.91 Å². The van der Waals surface area contributed by atoms with Crippen molar-refractivity contribution in [3.8, 4) is 0 Å². The van der Waals surface area contributed by atoms with E-state index in [1.165, 1.54) is 38.5 Å². The molecule has 2 fully saturated rings. The zero-order chi connectivity index (χ0) is 16.8. The molecular weight excluding hydrogens is 318 g/mol. The molecule has 1 aromatic carbocycles. The molecule has 1 aromatic rings. The molecule has 0 radical (unpaired) electrons. The summed E-state index contributed by atoms with van der Waals surface area (Å²) >= 11 is 0. The Balaban J connectivity index is 1.57. The van der Waals surface area contributed by atoms with Gasteiger partial charge in [0.2, 0.25) is 0 Å². The SMILES string of the molecule is O=C(c1cccc(CS(=O)CC2CCCCC2)c1)N1CCCCC1. The van der Waals surface area contributed by atoms with Gasteiger partial charge in [0.05, 0.1) is 0 Å². The predicted molar refractivity (Wildman–Crippen MR) is 99.5 cm³/mol. The van der Waals surface area contributed by atoms with E-state index in [9.17, 15) is 9.00 Å². The lowest BCUT2D eigenvalue weighted by atomic mass is 9.91. The molecule has 0 bridgehead atoms. The quantitative estimate of drug-likeness (QED) is 0.803. The van der Waals surface area contributed by atoms with Crippen LogP contribution < -0.4 is 0 Å². The monoisotopic (exact) mass is 347 g/mol. The Labute approximate surface area is 148 Å². The van der Waals surface area contributed by atoms with Crippen molar-refractivity contribution in [2.75, 3.05) is 18.8 Å². The average Bonchev–Trinajstić information content (AvgIpc) is 2.63. The van der Waals surface area contributed by atoms with Crippen LogP contribution in [0.5, 0.6) is 0 Å². The van der Waals surface area contributed by atoms with E-state index >= 15 is 0 Å². The third-order valence-electron chi connectivity index (χ3n) is 5.29. The molecule has 3 rings (SSSR count). The Morgan fingerprint density at radius 1 is 1.04 bits per heavy atom. The normalized spacial score (nSPS) is 20.8. The highest BCUT2D eigenvalue weighted by molar-refractivity contribution is 7.84. The van der Waals surface area contributed by atoms with Crippen molar-refractivity contribution in [2.24, 2.45) is 5.92 Å². The molecule has 2 aliphatic rings. The fraction of sp³-hybridized carbons (Fsp3) is 0.650. The van der Waals surface area contributed by atoms with E-state index in [1.807, 2.05) is 29.2 Å². The minimum Gasteiger partial charge on any atom is -0.339 e. The van der Waals surface area contributed by atoms with Gasteiger partial charge in [-0.3, -0.25) is 9.00 Å². The van der Waals surface area contributed by atoms with Crippen molar-refractivity contribution in [1.29, 1.82) is 0 Å². The summed E-state index contributed by atoms with van der Waals surface area (Å²) < 4.78 is 12.5. The van der Waals surface area contributed by atoms with Crippen molar-refractivity contribution >= 4 is 16.7 Å². The summed E-state index contributed by atoms with van der Waals surface area (Å²) in [6, 6.07) is 7.79. The molecule has 4 heteroatoms. The Morgan fingerprint density at radius 3 is 2.50 bits per heavy atom. The standard InChI is InChI=1S/C20H29NO2S/c22-20(21-12-5-2-6-13-21)19-11-7-10-18(14-19)16-24(23)15-17-8-3-1-4-9-17/h7,10-11,14,17H,1-6,8-9,12-13,15-16H2. The van der Waals surface area contributed by atoms with Crippen molar-refractivity contribution in [1.82, 2.24) is 4.90 Å². The molecule has 0 N–H and O–H groups in total. The first-order chi connectivity index (χ1) is 11.7. The number of benzene rings is 1. The number of carbonyl (C=O) groups excluding carboxylic acids is 1. The second-order valence-electron chi connectivity index (χ2n) is 7.31. The van der Waals surface area contributed by atoms with Gasteiger partial charge in [-0.25, -0.2) is 0 Å². The summed E-state index contributed by atoms with van der Waals surface area (Å²) in [5, 5.41) is 0. The van der Waals surface area contributed by atoms with Gasteiger partial charge in [-0.1, -0.05) is 31.4 Å². The van der Waals surface area contributed by atoms with Crippen LogP contribution in [0, 0.1) is 5.92 Å². The van der Waals surface area contributed by atoms with Gasteiger partial charge in [-0.15, -0.1) is 0 Å². The fourth-order valence-electron chi connectivity index (χ4n) is 3.94. The molecular formula is C20H29NO2S. The summed E-state index contributed by atoms with van der Waals surface area (Å²) in [6.45, 7) is 1.74. The zero-order valence-electron chi connectivity index (χ0n) is 14.5. The van der Waals surface area contributed by atoms with Gasteiger partial charge in [0.1, 0.15) is 0 Å². The van der Waals surface area contributed by atoms with Crippen LogP contribution in [0.3, 0.4) is 0 Å². The molecule has 24 heavy (non-hydrogen) atoms. The third kappa shape index (κ3) is 4.92. The summed E-state index contributed by atoms with van der Waals surface area (Å²) in [5.74, 6) is 2.18. The van der Waals surface area contributed by atoms with Gasteiger partial charge < -0.3 is 4.90 Å². The molecule has 3 nitrogen and oxygen atoms in total. The van der Waals surface area contributed by atoms with Gasteiger partial charge in [-0.2, -0.15) is 0 Å². The highest BCUT2D eigenvalue weighted by Gasteiger charge is 2.19. The molecule has 1 aliphatic heterocycles. The topological polar surface area (TPSA) is 37.4 Å². The highest BCUT2D eigenvalue weighted by atomic mass is 32.2. The van der Waals surface area contributed by atoms with E-state index in [2.05, 4.69) is 0 Å². The van der Waals surface area contributed by atoms with Crippen LogP contribution in [0.25, 0.3) is 0 Å². The third-order valence-corrected chi connectivity index (χ3v) is 6.79. The molecule has 1 saturated carbocycles. The number of nitrogens with zero attached hydrogens (tertiary/aromatic N) is 1. The summed E-state index contributed by atoms with van der Waals surface area (Å²) in [6.07, 6.45) is 9.84. The van der Waals surface area contributed by atoms with Gasteiger partial charge in [-0.05, 0) is 55.7 Å². The van der Waals surface area contributed by atoms with E-state index in [4.69, 9.17) is 0 Å². The second-order valence-corrected chi connectivity index (χ2v) is 8.81. The van der Waals surface area contributed by atoms with Crippen molar-refractivity contribution < 1.29 is 9.00 Å². The molecule has 132 valence electrons. The predicted octanol–water partition coefficient (Wildman–Crippen LogP) is 4.14. The Bertz CT molecular complexity index is 575. The van der Waals surface area contributed by atoms with Gasteiger partial charge in [0.15, 0.2) is 0 Å². The molecule has 1 unspecified atom stereocenters. The van der Waals surface area contributed by atoms with Gasteiger partial charge in [0, 0.05) is 41.0 Å². The first-order valence-corrected chi connectivity index (χ1v) is 10.9. The molecule has 1 saturated heterocycles. The highest BCUT2D eigenvalue weighted by Crippen LogP contribution is 2.25. The van der Waals surface area contributed by atoms with Crippen molar-refractivity contribution in [3.05, 3.63) is 35.4 Å². The van der Waals surface area contributed by atoms with E-state index in [-0.39, 0.29) is 5.91 Å². The fourth-order valence-corrected chi connectivity index (χ4v) is 5.46. The number of hydrogen-bond acceptors (Lipinski definition) is 2. The number of carbonyl (C=O) groups is 1. The zero-order valence-corrected chi connectivity index (χ0v) is 15.4. The van der Waals surface area contributed by atoms with Crippen LogP contribution in [-0.2, 0) is 16.6 Å². The van der Waals surface area contributed by atoms with E-state index in [1.54, 1.807) is 0 Å². The lowest BCUT2D eigenvalue weighted by molar-refractivity contribution is 0.0724. The first-order valence-electron chi connectivity index (χ1n) is 9.45. The lowest BCUT2D eigenvalue weighted by Gasteiger charge is -2.26. The van der Waals surface area contributed by atoms with E-state index in [0.717, 1.165) is 42.8 Å². The first kappa shape index (κ1) is 17.7. The number of likely N-dealkylation sites (tertiary alicyclic amines) is 1. The maximum absolute atomic E-state index is 12.6. The minimum atomic E-state index is -0.820. The molecule has 1 aliphatic carbocycles. The molecule has 1 heterocycles. The smallest absolute Gasteiger partial charge is 0.253 e. The van der Waals surface area contributed by atoms with Crippen LogP contribution in [0.2, 0.25) is 0 Å². The largest absolute Gasteiger partial charge is 0.339 e. The van der Waals surface area contributed by atoms with Crippen molar-refractivity contribution in [3.63, 3.8) is 0 Å². The maximum atomic E-state index is 12.6. The van der Waals surface area contributed by atoms with E-state index < -0.39 is 10.8 Å². The molecule has 0 aromatic heterocycles. The second kappa shape index (κ2) is 8.80. The Hall–Kier alpha value is -1.16. The molecule has 1 amide bonds. The van der Waals surface area contributed by atoms with Crippen LogP contribution in [0.1, 0.15) is 67.3 Å². The van der Waals surface area contributed by atoms with Crippen LogP contribution in [-0.4, -0.2) is 33.9 Å². The number of amides is 1. The van der Waals surface area contributed by atoms with Crippen LogP contribution in [0.4, 0.5) is 0 Å². The Morgan fingerprint density at radius 2 is 1.75 bits per heavy atom. The van der Waals surface area contributed by atoms with Crippen LogP contribution in [0.15, 0.2) is 24.3 Å². The maximum Gasteiger partial charge on any atom is 0.253 e. The van der Waals surface area contributed by atoms with E-state index in [0.29, 0.717) is 11.7 Å². The summed E-state index contributed by atoms with van der Waals surface area (Å²) in [7, 11) is -0.820. The summed E-state index contributed by atoms with van der Waals surface area (Å²) in [5.41, 5.74) is 1.79. The molecule has 1 atom stereocenters.